The molecule has 0 aliphatic carbocycles. The number of halogens is 5. The number of thiazole rings is 1. The molecule has 0 radical (unpaired) electrons. The van der Waals surface area contributed by atoms with Gasteiger partial charge in [0, 0.05) is 12.0 Å². The van der Waals surface area contributed by atoms with Crippen molar-refractivity contribution in [2.45, 2.75) is 64.6 Å². The van der Waals surface area contributed by atoms with Crippen LogP contribution in [-0.4, -0.2) is 46.9 Å². The van der Waals surface area contributed by atoms with Gasteiger partial charge < -0.3 is 9.52 Å². The largest absolute Gasteiger partial charge is 0.481 e. The van der Waals surface area contributed by atoms with Crippen molar-refractivity contribution in [3.8, 4) is 21.3 Å². The van der Waals surface area contributed by atoms with Crippen molar-refractivity contribution >= 4 is 50.5 Å². The van der Waals surface area contributed by atoms with Crippen molar-refractivity contribution in [3.63, 3.8) is 0 Å². The lowest BCUT2D eigenvalue weighted by molar-refractivity contribution is -0.147. The molecule has 0 aliphatic rings. The number of carbonyl (C=O) groups is 1. The molecule has 0 saturated heterocycles. The molecular weight excluding hydrogens is 604 g/mol. The summed E-state index contributed by atoms with van der Waals surface area (Å²) in [5.41, 5.74) is -0.247. The number of nitrogens with one attached hydrogen (secondary N) is 1. The topological polar surface area (TPSA) is 135 Å². The number of carboxylic acids is 1. The van der Waals surface area contributed by atoms with Gasteiger partial charge in [-0.1, -0.05) is 43.1 Å². The van der Waals surface area contributed by atoms with E-state index in [9.17, 15) is 31.5 Å². The summed E-state index contributed by atoms with van der Waals surface area (Å²) in [5, 5.41) is 17.0. The molecule has 0 amide bonds. The van der Waals surface area contributed by atoms with Gasteiger partial charge in [0.05, 0.1) is 26.0 Å². The minimum Gasteiger partial charge on any atom is -0.481 e. The fourth-order valence-corrected chi connectivity index (χ4v) is 6.52. The number of sulfonamides is 1. The molecule has 3 aromatic rings. The first kappa shape index (κ1) is 31.3. The molecule has 0 saturated carbocycles. The second-order valence-corrected chi connectivity index (χ2v) is 13.3. The molecule has 9 nitrogen and oxygen atoms in total. The Labute approximate surface area is 236 Å². The molecule has 39 heavy (non-hydrogen) atoms. The van der Waals surface area contributed by atoms with Gasteiger partial charge in [-0.3, -0.25) is 4.79 Å². The molecule has 0 spiro atoms. The molecule has 0 aliphatic heterocycles. The lowest BCUT2D eigenvalue weighted by Crippen LogP contribution is -2.43. The van der Waals surface area contributed by atoms with Crippen molar-refractivity contribution in [1.29, 1.82) is 0 Å². The van der Waals surface area contributed by atoms with Crippen LogP contribution in [-0.2, 0) is 27.7 Å². The molecule has 16 heteroatoms. The normalized spacial score (nSPS) is 13.7. The summed E-state index contributed by atoms with van der Waals surface area (Å²) in [5.74, 6) is -0.719. The zero-order valence-corrected chi connectivity index (χ0v) is 24.5. The van der Waals surface area contributed by atoms with Gasteiger partial charge >= 0.3 is 12.1 Å². The van der Waals surface area contributed by atoms with Crippen molar-refractivity contribution in [2.75, 3.05) is 0 Å². The van der Waals surface area contributed by atoms with E-state index < -0.39 is 43.5 Å². The Bertz CT molecular complexity index is 1490. The molecule has 2 aromatic heterocycles. The lowest BCUT2D eigenvalue weighted by atomic mass is 9.90. The molecule has 1 aromatic carbocycles. The van der Waals surface area contributed by atoms with E-state index in [4.69, 9.17) is 27.6 Å². The van der Waals surface area contributed by atoms with E-state index >= 15 is 0 Å². The van der Waals surface area contributed by atoms with Gasteiger partial charge in [0.15, 0.2) is 5.01 Å². The summed E-state index contributed by atoms with van der Waals surface area (Å²) < 4.78 is 71.3. The van der Waals surface area contributed by atoms with Crippen LogP contribution >= 0.6 is 34.5 Å². The second-order valence-electron chi connectivity index (χ2n) is 9.88. The summed E-state index contributed by atoms with van der Waals surface area (Å²) in [6, 6.07) is 0.0717. The van der Waals surface area contributed by atoms with E-state index in [-0.39, 0.29) is 29.1 Å². The number of aliphatic carboxylic acids is 1. The number of hydrogen-bond donors (Lipinski definition) is 2. The van der Waals surface area contributed by atoms with Crippen molar-refractivity contribution in [1.82, 2.24) is 19.9 Å². The van der Waals surface area contributed by atoms with E-state index in [0.29, 0.717) is 34.5 Å². The molecule has 0 bridgehead atoms. The third-order valence-electron chi connectivity index (χ3n) is 5.52. The van der Waals surface area contributed by atoms with Crippen LogP contribution in [0.2, 0.25) is 10.0 Å². The third kappa shape index (κ3) is 7.09. The summed E-state index contributed by atoms with van der Waals surface area (Å²) in [6.45, 7) is 7.63. The maximum atomic E-state index is 12.9. The first-order valence-corrected chi connectivity index (χ1v) is 14.5. The van der Waals surface area contributed by atoms with Crippen LogP contribution in [0.3, 0.4) is 0 Å². The fraction of sp³-hybridized carbons (Fsp3) is 0.478. The van der Waals surface area contributed by atoms with Gasteiger partial charge in [0.2, 0.25) is 15.9 Å². The first-order chi connectivity index (χ1) is 17.8. The Morgan fingerprint density at radius 2 is 1.79 bits per heavy atom. The Morgan fingerprint density at radius 1 is 1.15 bits per heavy atom. The van der Waals surface area contributed by atoms with E-state index in [2.05, 4.69) is 15.2 Å². The molecule has 1 atom stereocenters. The van der Waals surface area contributed by atoms with Crippen LogP contribution in [0.1, 0.15) is 46.2 Å². The van der Waals surface area contributed by atoms with Crippen molar-refractivity contribution in [3.05, 3.63) is 33.8 Å². The highest BCUT2D eigenvalue weighted by Crippen LogP contribution is 2.43. The number of carboxylic acid groups (broad SMARTS) is 1. The number of hydrogen-bond acceptors (Lipinski definition) is 8. The van der Waals surface area contributed by atoms with E-state index in [1.807, 2.05) is 13.8 Å². The van der Waals surface area contributed by atoms with Gasteiger partial charge in [-0.25, -0.2) is 13.4 Å². The van der Waals surface area contributed by atoms with E-state index in [0.717, 1.165) is 17.4 Å². The number of nitrogens with zero attached hydrogens (tertiary/aromatic N) is 3. The summed E-state index contributed by atoms with van der Waals surface area (Å²) >= 11 is 13.8. The molecule has 2 heterocycles. The van der Waals surface area contributed by atoms with E-state index in [1.165, 1.54) is 19.9 Å². The lowest BCUT2D eigenvalue weighted by Gasteiger charge is -2.18. The van der Waals surface area contributed by atoms with E-state index in [1.54, 1.807) is 4.72 Å². The number of alkyl halides is 3. The smallest absolute Gasteiger partial charge is 0.404 e. The zero-order chi connectivity index (χ0) is 29.5. The minimum atomic E-state index is -4.80. The highest BCUT2D eigenvalue weighted by atomic mass is 35.5. The Kier molecular flexibility index (Phi) is 9.07. The van der Waals surface area contributed by atoms with Gasteiger partial charge in [-0.15, -0.1) is 21.5 Å². The van der Waals surface area contributed by atoms with Crippen LogP contribution in [0.4, 0.5) is 13.2 Å². The quantitative estimate of drug-likeness (QED) is 0.269. The van der Waals surface area contributed by atoms with Crippen LogP contribution in [0.5, 0.6) is 0 Å². The van der Waals surface area contributed by atoms with Crippen LogP contribution in [0.15, 0.2) is 21.4 Å². The zero-order valence-electron chi connectivity index (χ0n) is 21.4. The van der Waals surface area contributed by atoms with Crippen LogP contribution < -0.4 is 4.72 Å². The molecular formula is C23H25Cl2F3N4O5S2. The predicted molar refractivity (Wildman–Crippen MR) is 140 cm³/mol. The van der Waals surface area contributed by atoms with Gasteiger partial charge in [-0.2, -0.15) is 17.9 Å². The molecule has 0 unspecified atom stereocenters. The molecule has 0 fully saturated rings. The Hall–Kier alpha value is -2.26. The van der Waals surface area contributed by atoms with Crippen molar-refractivity contribution in [2.24, 2.45) is 11.3 Å². The Morgan fingerprint density at radius 3 is 2.36 bits per heavy atom. The molecule has 214 valence electrons. The number of benzene rings is 1. The number of aromatic nitrogens is 3. The predicted octanol–water partition coefficient (Wildman–Crippen LogP) is 6.25. The third-order valence-corrected chi connectivity index (χ3v) is 9.22. The number of rotatable bonds is 10. The fourth-order valence-electron chi connectivity index (χ4n) is 3.32. The SMILES string of the molecule is CC(C)Cc1nc(-c2nnc(CC(C)(C)C(=O)O)o2)sc1-c1ccc(S(=O)(=O)N[C@@H](C)C(F)(F)F)c(Cl)c1Cl. The maximum absolute atomic E-state index is 12.9. The van der Waals surface area contributed by atoms with Crippen molar-refractivity contribution < 1.29 is 35.9 Å². The standard InChI is InChI=1S/C23H25Cl2F3N4O5S2/c1-10(2)8-13-18(38-20(29-13)19-31-30-15(37-19)9-22(4,5)21(33)34)12-6-7-14(17(25)16(12)24)39(35,36)32-11(3)23(26,27)28/h6-7,10-11,32H,8-9H2,1-5H3,(H,33,34)/t11-/m0/s1. The summed E-state index contributed by atoms with van der Waals surface area (Å²) in [4.78, 5) is 16.0. The second kappa shape index (κ2) is 11.3. The highest BCUT2D eigenvalue weighted by Gasteiger charge is 2.39. The minimum absolute atomic E-state index is 0.00915. The van der Waals surface area contributed by atoms with Crippen LogP contribution in [0, 0.1) is 11.3 Å². The van der Waals surface area contributed by atoms with Gasteiger partial charge in [-0.05, 0) is 39.2 Å². The monoisotopic (exact) mass is 628 g/mol. The maximum Gasteiger partial charge on any atom is 0.404 e. The van der Waals surface area contributed by atoms with Gasteiger partial charge in [0.1, 0.15) is 10.9 Å². The summed E-state index contributed by atoms with van der Waals surface area (Å²) in [7, 11) is -4.65. The average Bonchev–Trinajstić information content (AvgIpc) is 3.40. The molecule has 3 rings (SSSR count). The van der Waals surface area contributed by atoms with Gasteiger partial charge in [0.25, 0.3) is 5.89 Å². The highest BCUT2D eigenvalue weighted by molar-refractivity contribution is 7.89. The Balaban J connectivity index is 2.04. The summed E-state index contributed by atoms with van der Waals surface area (Å²) in [6.07, 6.45) is -4.33. The van der Waals surface area contributed by atoms with Crippen LogP contribution in [0.25, 0.3) is 21.3 Å². The average molecular weight is 630 g/mol. The molecule has 2 N–H and O–H groups in total. The first-order valence-electron chi connectivity index (χ1n) is 11.5.